The van der Waals surface area contributed by atoms with E-state index in [9.17, 15) is 9.59 Å². The predicted octanol–water partition coefficient (Wildman–Crippen LogP) is 1.17. The SMILES string of the molecule is CCCN(CCC)C(=O)CCC(=O)NCCNC.Cl. The Morgan fingerprint density at radius 3 is 2.05 bits per heavy atom. The van der Waals surface area contributed by atoms with Crippen molar-refractivity contribution < 1.29 is 9.59 Å². The molecule has 0 heterocycles. The summed E-state index contributed by atoms with van der Waals surface area (Å²) in [6, 6.07) is 0. The van der Waals surface area contributed by atoms with Gasteiger partial charge in [-0.2, -0.15) is 0 Å². The Morgan fingerprint density at radius 1 is 1.00 bits per heavy atom. The molecule has 2 amide bonds. The van der Waals surface area contributed by atoms with Crippen LogP contribution >= 0.6 is 12.4 Å². The van der Waals surface area contributed by atoms with Gasteiger partial charge in [-0.05, 0) is 19.9 Å². The van der Waals surface area contributed by atoms with Crippen molar-refractivity contribution in [2.75, 3.05) is 33.2 Å². The Labute approximate surface area is 122 Å². The smallest absolute Gasteiger partial charge is 0.223 e. The summed E-state index contributed by atoms with van der Waals surface area (Å²) in [5.74, 6) is 0.0361. The molecule has 6 heteroatoms. The number of nitrogens with one attached hydrogen (secondary N) is 2. The van der Waals surface area contributed by atoms with E-state index in [0.29, 0.717) is 13.0 Å². The first-order valence-electron chi connectivity index (χ1n) is 6.84. The predicted molar refractivity (Wildman–Crippen MR) is 80.6 cm³/mol. The third-order valence-corrected chi connectivity index (χ3v) is 2.60. The van der Waals surface area contributed by atoms with Crippen LogP contribution in [0.2, 0.25) is 0 Å². The quantitative estimate of drug-likeness (QED) is 0.595. The highest BCUT2D eigenvalue weighted by atomic mass is 35.5. The topological polar surface area (TPSA) is 61.4 Å². The highest BCUT2D eigenvalue weighted by molar-refractivity contribution is 5.85. The second-order valence-corrected chi connectivity index (χ2v) is 4.33. The van der Waals surface area contributed by atoms with Crippen LogP contribution in [0, 0.1) is 0 Å². The molecule has 0 aromatic rings. The van der Waals surface area contributed by atoms with Gasteiger partial charge in [-0.1, -0.05) is 13.8 Å². The van der Waals surface area contributed by atoms with Gasteiger partial charge in [0.2, 0.25) is 11.8 Å². The zero-order chi connectivity index (χ0) is 13.8. The van der Waals surface area contributed by atoms with Crippen LogP contribution in [0.5, 0.6) is 0 Å². The van der Waals surface area contributed by atoms with Crippen LogP contribution in [0.4, 0.5) is 0 Å². The minimum Gasteiger partial charge on any atom is -0.355 e. The van der Waals surface area contributed by atoms with Crippen molar-refractivity contribution in [2.45, 2.75) is 39.5 Å². The molecule has 0 spiro atoms. The Hall–Kier alpha value is -0.810. The largest absolute Gasteiger partial charge is 0.355 e. The normalized spacial score (nSPS) is 9.63. The van der Waals surface area contributed by atoms with E-state index in [0.717, 1.165) is 32.5 Å². The average Bonchev–Trinajstić information content (AvgIpc) is 2.36. The first-order valence-corrected chi connectivity index (χ1v) is 6.84. The number of likely N-dealkylation sites (N-methyl/N-ethyl adjacent to an activating group) is 1. The Bertz CT molecular complexity index is 244. The average molecular weight is 294 g/mol. The molecule has 0 unspecified atom stereocenters. The van der Waals surface area contributed by atoms with Gasteiger partial charge in [0.15, 0.2) is 0 Å². The van der Waals surface area contributed by atoms with E-state index in [1.165, 1.54) is 0 Å². The van der Waals surface area contributed by atoms with Crippen LogP contribution in [0.3, 0.4) is 0 Å². The number of carbonyl (C=O) groups excluding carboxylic acids is 2. The molecule has 0 radical (unpaired) electrons. The summed E-state index contributed by atoms with van der Waals surface area (Å²) in [6.45, 7) is 7.04. The minimum absolute atomic E-state index is 0. The first kappa shape index (κ1) is 20.5. The highest BCUT2D eigenvalue weighted by Crippen LogP contribution is 2.01. The highest BCUT2D eigenvalue weighted by Gasteiger charge is 2.13. The summed E-state index contributed by atoms with van der Waals surface area (Å²) in [5.41, 5.74) is 0. The van der Waals surface area contributed by atoms with Gasteiger partial charge in [0.05, 0.1) is 0 Å². The molecule has 0 atom stereocenters. The van der Waals surface area contributed by atoms with Crippen molar-refractivity contribution in [3.8, 4) is 0 Å². The van der Waals surface area contributed by atoms with Crippen molar-refractivity contribution in [3.05, 3.63) is 0 Å². The Kier molecular flexibility index (Phi) is 14.7. The number of hydrogen-bond acceptors (Lipinski definition) is 3. The second kappa shape index (κ2) is 13.6. The molecule has 0 aliphatic rings. The summed E-state index contributed by atoms with van der Waals surface area (Å²) < 4.78 is 0. The van der Waals surface area contributed by atoms with Crippen molar-refractivity contribution in [1.82, 2.24) is 15.5 Å². The van der Waals surface area contributed by atoms with Crippen LogP contribution in [0.1, 0.15) is 39.5 Å². The lowest BCUT2D eigenvalue weighted by Crippen LogP contribution is -2.34. The number of carbonyl (C=O) groups is 2. The number of amides is 2. The Balaban J connectivity index is 0. The van der Waals surface area contributed by atoms with E-state index < -0.39 is 0 Å². The molecular weight excluding hydrogens is 266 g/mol. The molecule has 0 aliphatic heterocycles. The Morgan fingerprint density at radius 2 is 1.58 bits per heavy atom. The zero-order valence-electron chi connectivity index (χ0n) is 12.3. The second-order valence-electron chi connectivity index (χ2n) is 4.33. The van der Waals surface area contributed by atoms with E-state index in [2.05, 4.69) is 24.5 Å². The van der Waals surface area contributed by atoms with Gasteiger partial charge < -0.3 is 15.5 Å². The molecule has 114 valence electrons. The van der Waals surface area contributed by atoms with Gasteiger partial charge in [0.1, 0.15) is 0 Å². The third-order valence-electron chi connectivity index (χ3n) is 2.60. The maximum atomic E-state index is 11.9. The number of rotatable bonds is 10. The molecule has 0 bridgehead atoms. The molecular formula is C13H28ClN3O2. The van der Waals surface area contributed by atoms with Gasteiger partial charge >= 0.3 is 0 Å². The molecule has 5 nitrogen and oxygen atoms in total. The molecule has 0 aliphatic carbocycles. The van der Waals surface area contributed by atoms with Gasteiger partial charge in [-0.3, -0.25) is 9.59 Å². The van der Waals surface area contributed by atoms with Crippen molar-refractivity contribution >= 4 is 24.2 Å². The summed E-state index contributed by atoms with van der Waals surface area (Å²) >= 11 is 0. The molecule has 2 N–H and O–H groups in total. The minimum atomic E-state index is -0.0495. The lowest BCUT2D eigenvalue weighted by atomic mass is 10.2. The molecule has 0 saturated carbocycles. The number of hydrogen-bond donors (Lipinski definition) is 2. The third kappa shape index (κ3) is 10.8. The maximum Gasteiger partial charge on any atom is 0.223 e. The fraction of sp³-hybridized carbons (Fsp3) is 0.846. The van der Waals surface area contributed by atoms with Crippen LogP contribution in [0.25, 0.3) is 0 Å². The van der Waals surface area contributed by atoms with Crippen LogP contribution in [0.15, 0.2) is 0 Å². The fourth-order valence-corrected chi connectivity index (χ4v) is 1.69. The summed E-state index contributed by atoms with van der Waals surface area (Å²) in [7, 11) is 1.84. The van der Waals surface area contributed by atoms with Crippen molar-refractivity contribution in [2.24, 2.45) is 0 Å². The molecule has 19 heavy (non-hydrogen) atoms. The summed E-state index contributed by atoms with van der Waals surface area (Å²) in [4.78, 5) is 25.2. The van der Waals surface area contributed by atoms with E-state index in [1.807, 2.05) is 11.9 Å². The summed E-state index contributed by atoms with van der Waals surface area (Å²) in [6.07, 6.45) is 2.51. The van der Waals surface area contributed by atoms with Crippen LogP contribution in [-0.2, 0) is 9.59 Å². The molecule has 0 saturated heterocycles. The van der Waals surface area contributed by atoms with Gasteiger partial charge in [0, 0.05) is 39.0 Å². The number of halogens is 1. The van der Waals surface area contributed by atoms with E-state index in [4.69, 9.17) is 0 Å². The van der Waals surface area contributed by atoms with E-state index >= 15 is 0 Å². The maximum absolute atomic E-state index is 11.9. The zero-order valence-corrected chi connectivity index (χ0v) is 13.1. The van der Waals surface area contributed by atoms with Crippen LogP contribution in [-0.4, -0.2) is 49.9 Å². The van der Waals surface area contributed by atoms with Crippen LogP contribution < -0.4 is 10.6 Å². The lowest BCUT2D eigenvalue weighted by Gasteiger charge is -2.21. The summed E-state index contributed by atoms with van der Waals surface area (Å²) in [5, 5.41) is 5.72. The molecule has 0 aromatic carbocycles. The van der Waals surface area contributed by atoms with E-state index in [1.54, 1.807) is 0 Å². The fourth-order valence-electron chi connectivity index (χ4n) is 1.69. The molecule has 0 fully saturated rings. The van der Waals surface area contributed by atoms with Gasteiger partial charge in [-0.15, -0.1) is 12.4 Å². The lowest BCUT2D eigenvalue weighted by molar-refractivity contribution is -0.133. The standard InChI is InChI=1S/C13H27N3O2.ClH/c1-4-10-16(11-5-2)13(18)7-6-12(17)15-9-8-14-3;/h14H,4-11H2,1-3H3,(H,15,17);1H. The monoisotopic (exact) mass is 293 g/mol. The first-order chi connectivity index (χ1) is 8.65. The van der Waals surface area contributed by atoms with Gasteiger partial charge in [-0.25, -0.2) is 0 Å². The number of nitrogens with zero attached hydrogens (tertiary/aromatic N) is 1. The van der Waals surface area contributed by atoms with Crippen molar-refractivity contribution in [3.63, 3.8) is 0 Å². The van der Waals surface area contributed by atoms with Gasteiger partial charge in [0.25, 0.3) is 0 Å². The molecule has 0 rings (SSSR count). The van der Waals surface area contributed by atoms with E-state index in [-0.39, 0.29) is 30.6 Å². The van der Waals surface area contributed by atoms with Crippen molar-refractivity contribution in [1.29, 1.82) is 0 Å². The molecule has 0 aromatic heterocycles.